The summed E-state index contributed by atoms with van der Waals surface area (Å²) in [6.07, 6.45) is -5.26. The third-order valence-corrected chi connectivity index (χ3v) is 4.69. The van der Waals surface area contributed by atoms with E-state index in [0.29, 0.717) is 6.07 Å². The highest BCUT2D eigenvalue weighted by Gasteiger charge is 2.35. The molecule has 0 spiro atoms. The lowest BCUT2D eigenvalue weighted by Gasteiger charge is -2.10. The normalized spacial score (nSPS) is 12.4. The molecule has 0 radical (unpaired) electrons. The van der Waals surface area contributed by atoms with Gasteiger partial charge in [0.1, 0.15) is 15.7 Å². The number of alkyl halides is 3. The lowest BCUT2D eigenvalue weighted by Crippen LogP contribution is -2.14. The molecule has 0 aromatic heterocycles. The summed E-state index contributed by atoms with van der Waals surface area (Å²) >= 11 is 0. The third kappa shape index (κ3) is 4.80. The molecule has 8 heteroatoms. The zero-order chi connectivity index (χ0) is 16.3. The summed E-state index contributed by atoms with van der Waals surface area (Å²) < 4.78 is 73.7. The first kappa shape index (κ1) is 17.6. The van der Waals surface area contributed by atoms with E-state index in [1.165, 1.54) is 6.92 Å². The van der Waals surface area contributed by atoms with E-state index in [9.17, 15) is 30.8 Å². The van der Waals surface area contributed by atoms with Crippen molar-refractivity contribution in [2.75, 3.05) is 11.5 Å². The molecule has 0 amide bonds. The molecule has 0 saturated heterocycles. The largest absolute Gasteiger partial charge is 0.419 e. The number of halogens is 4. The molecule has 1 aromatic carbocycles. The topological polar surface area (TPSA) is 51.2 Å². The van der Waals surface area contributed by atoms with Crippen molar-refractivity contribution in [3.05, 3.63) is 35.1 Å². The van der Waals surface area contributed by atoms with Crippen molar-refractivity contribution >= 4 is 15.6 Å². The number of sulfone groups is 1. The first-order valence-corrected chi connectivity index (χ1v) is 8.00. The first-order chi connectivity index (χ1) is 9.58. The van der Waals surface area contributed by atoms with Crippen LogP contribution in [0.3, 0.4) is 0 Å². The highest BCUT2D eigenvalue weighted by molar-refractivity contribution is 7.91. The van der Waals surface area contributed by atoms with Crippen LogP contribution in [0, 0.1) is 5.82 Å². The van der Waals surface area contributed by atoms with E-state index in [-0.39, 0.29) is 24.3 Å². The van der Waals surface area contributed by atoms with Crippen molar-refractivity contribution < 1.29 is 30.8 Å². The number of Topliss-reactive ketones (excluding diaryl/α,β-unsaturated/α-hetero) is 1. The van der Waals surface area contributed by atoms with Crippen molar-refractivity contribution in [2.24, 2.45) is 0 Å². The molecular formula is C13H14F4O3S. The van der Waals surface area contributed by atoms with Gasteiger partial charge in [0, 0.05) is 12.2 Å². The zero-order valence-electron chi connectivity index (χ0n) is 11.2. The molecule has 0 aliphatic carbocycles. The first-order valence-electron chi connectivity index (χ1n) is 6.18. The Morgan fingerprint density at radius 3 is 2.38 bits per heavy atom. The number of hydrogen-bond donors (Lipinski definition) is 0. The Bertz CT molecular complexity index is 621. The maximum Gasteiger partial charge on any atom is 0.419 e. The van der Waals surface area contributed by atoms with Crippen molar-refractivity contribution in [1.29, 1.82) is 0 Å². The molecule has 1 aromatic rings. The molecule has 3 nitrogen and oxygen atoms in total. The second-order valence-electron chi connectivity index (χ2n) is 4.43. The van der Waals surface area contributed by atoms with Gasteiger partial charge in [0.15, 0.2) is 5.78 Å². The van der Waals surface area contributed by atoms with E-state index < -0.39 is 38.7 Å². The highest BCUT2D eigenvalue weighted by Crippen LogP contribution is 2.32. The molecule has 0 N–H and O–H groups in total. The SMILES string of the molecule is CCS(=O)(=O)CCCC(=O)c1cccc(C(F)(F)F)c1F. The Morgan fingerprint density at radius 1 is 1.24 bits per heavy atom. The fourth-order valence-corrected chi connectivity index (χ4v) is 2.57. The number of benzene rings is 1. The van der Waals surface area contributed by atoms with Gasteiger partial charge in [-0.3, -0.25) is 4.79 Å². The Balaban J connectivity index is 2.85. The Morgan fingerprint density at radius 2 is 1.86 bits per heavy atom. The molecule has 0 bridgehead atoms. The van der Waals surface area contributed by atoms with Gasteiger partial charge in [0.05, 0.1) is 16.9 Å². The van der Waals surface area contributed by atoms with Gasteiger partial charge in [0.2, 0.25) is 0 Å². The number of carbonyl (C=O) groups is 1. The van der Waals surface area contributed by atoms with Crippen molar-refractivity contribution in [2.45, 2.75) is 25.9 Å². The lowest BCUT2D eigenvalue weighted by molar-refractivity contribution is -0.140. The van der Waals surface area contributed by atoms with Gasteiger partial charge in [-0.25, -0.2) is 12.8 Å². The van der Waals surface area contributed by atoms with E-state index in [0.717, 1.165) is 12.1 Å². The third-order valence-electron chi connectivity index (χ3n) is 2.90. The number of hydrogen-bond acceptors (Lipinski definition) is 3. The average molecular weight is 326 g/mol. The monoisotopic (exact) mass is 326 g/mol. The molecule has 0 atom stereocenters. The zero-order valence-corrected chi connectivity index (χ0v) is 12.0. The molecule has 118 valence electrons. The van der Waals surface area contributed by atoms with Crippen molar-refractivity contribution in [1.82, 2.24) is 0 Å². The number of rotatable bonds is 6. The van der Waals surface area contributed by atoms with Gasteiger partial charge in [0.25, 0.3) is 0 Å². The highest BCUT2D eigenvalue weighted by atomic mass is 32.2. The Kier molecular flexibility index (Phi) is 5.49. The van der Waals surface area contributed by atoms with Crippen LogP contribution in [0.15, 0.2) is 18.2 Å². The van der Waals surface area contributed by atoms with Crippen LogP contribution in [0.1, 0.15) is 35.7 Å². The summed E-state index contributed by atoms with van der Waals surface area (Å²) in [5, 5.41) is 0. The van der Waals surface area contributed by atoms with Crippen molar-refractivity contribution in [3.63, 3.8) is 0 Å². The molecular weight excluding hydrogens is 312 g/mol. The molecule has 0 unspecified atom stereocenters. The summed E-state index contributed by atoms with van der Waals surface area (Å²) in [6, 6.07) is 2.46. The quantitative estimate of drug-likeness (QED) is 0.596. The van der Waals surface area contributed by atoms with Gasteiger partial charge >= 0.3 is 6.18 Å². The maximum atomic E-state index is 13.7. The second-order valence-corrected chi connectivity index (χ2v) is 6.90. The van der Waals surface area contributed by atoms with Crippen LogP contribution in [0.25, 0.3) is 0 Å². The minimum Gasteiger partial charge on any atom is -0.294 e. The van der Waals surface area contributed by atoms with Gasteiger partial charge in [-0.2, -0.15) is 13.2 Å². The summed E-state index contributed by atoms with van der Waals surface area (Å²) in [4.78, 5) is 11.7. The fraction of sp³-hybridized carbons (Fsp3) is 0.462. The molecule has 0 fully saturated rings. The van der Waals surface area contributed by atoms with Gasteiger partial charge in [-0.05, 0) is 18.6 Å². The predicted molar refractivity (Wildman–Crippen MR) is 69.3 cm³/mol. The maximum absolute atomic E-state index is 13.7. The summed E-state index contributed by atoms with van der Waals surface area (Å²) in [7, 11) is -3.26. The Labute approximate surface area is 119 Å². The smallest absolute Gasteiger partial charge is 0.294 e. The summed E-state index contributed by atoms with van der Waals surface area (Å²) in [5.41, 5.74) is -2.17. The fourth-order valence-electron chi connectivity index (χ4n) is 1.70. The van der Waals surface area contributed by atoms with Crippen molar-refractivity contribution in [3.8, 4) is 0 Å². The van der Waals surface area contributed by atoms with E-state index in [1.54, 1.807) is 0 Å². The van der Waals surface area contributed by atoms with E-state index in [2.05, 4.69) is 0 Å². The summed E-state index contributed by atoms with van der Waals surface area (Å²) in [5.74, 6) is -2.80. The minimum atomic E-state index is -4.88. The van der Waals surface area contributed by atoms with Crippen LogP contribution >= 0.6 is 0 Å². The van der Waals surface area contributed by atoms with Gasteiger partial charge < -0.3 is 0 Å². The molecule has 0 heterocycles. The molecule has 1 rings (SSSR count). The standard InChI is InChI=1S/C13H14F4O3S/c1-2-21(19,20)8-4-7-11(18)9-5-3-6-10(12(9)14)13(15,16)17/h3,5-6H,2,4,7-8H2,1H3. The van der Waals surface area contributed by atoms with E-state index in [1.807, 2.05) is 0 Å². The van der Waals surface area contributed by atoms with Crippen LogP contribution < -0.4 is 0 Å². The van der Waals surface area contributed by atoms with Crippen LogP contribution in [0.5, 0.6) is 0 Å². The molecule has 0 aliphatic heterocycles. The van der Waals surface area contributed by atoms with Gasteiger partial charge in [-0.15, -0.1) is 0 Å². The van der Waals surface area contributed by atoms with Gasteiger partial charge in [-0.1, -0.05) is 13.0 Å². The molecule has 0 aliphatic rings. The second kappa shape index (κ2) is 6.55. The number of carbonyl (C=O) groups excluding carboxylic acids is 1. The van der Waals surface area contributed by atoms with Crippen LogP contribution in [0.4, 0.5) is 17.6 Å². The predicted octanol–water partition coefficient (Wildman–Crippen LogP) is 3.24. The Hall–Kier alpha value is -1.44. The van der Waals surface area contributed by atoms with Crippen LogP contribution in [-0.2, 0) is 16.0 Å². The van der Waals surface area contributed by atoms with E-state index >= 15 is 0 Å². The lowest BCUT2D eigenvalue weighted by atomic mass is 10.0. The van der Waals surface area contributed by atoms with Crippen LogP contribution in [-0.4, -0.2) is 25.7 Å². The summed E-state index contributed by atoms with van der Waals surface area (Å²) in [6.45, 7) is 1.45. The number of ketones is 1. The molecule has 21 heavy (non-hydrogen) atoms. The average Bonchev–Trinajstić information content (AvgIpc) is 2.37. The van der Waals surface area contributed by atoms with Crippen LogP contribution in [0.2, 0.25) is 0 Å². The van der Waals surface area contributed by atoms with E-state index in [4.69, 9.17) is 0 Å². The minimum absolute atomic E-state index is 0.0509. The molecule has 0 saturated carbocycles.